The number of hydrogen-bond acceptors (Lipinski definition) is 3. The zero-order chi connectivity index (χ0) is 13.9. The zero-order valence-corrected chi connectivity index (χ0v) is 12.3. The molecule has 1 aromatic rings. The third-order valence-corrected chi connectivity index (χ3v) is 5.09. The van der Waals surface area contributed by atoms with Crippen molar-refractivity contribution < 1.29 is 13.5 Å². The van der Waals surface area contributed by atoms with Crippen LogP contribution in [-0.4, -0.2) is 37.0 Å². The molecule has 0 bridgehead atoms. The third kappa shape index (κ3) is 3.23. The van der Waals surface area contributed by atoms with Crippen LogP contribution in [0.5, 0.6) is 0 Å². The second-order valence-corrected chi connectivity index (χ2v) is 6.64. The van der Waals surface area contributed by atoms with Crippen LogP contribution in [0.15, 0.2) is 23.1 Å². The first-order valence-electron chi connectivity index (χ1n) is 5.69. The fourth-order valence-electron chi connectivity index (χ4n) is 1.78. The zero-order valence-electron chi connectivity index (χ0n) is 10.7. The van der Waals surface area contributed by atoms with Gasteiger partial charge in [0.1, 0.15) is 0 Å². The highest BCUT2D eigenvalue weighted by atomic mass is 35.5. The molecule has 1 rings (SSSR count). The Balaban J connectivity index is 3.26. The molecular weight excluding hydrogens is 274 g/mol. The summed E-state index contributed by atoms with van der Waals surface area (Å²) in [4.78, 5) is 0.231. The lowest BCUT2D eigenvalue weighted by molar-refractivity contribution is 0.236. The van der Waals surface area contributed by atoms with E-state index in [1.165, 1.54) is 10.4 Å². The van der Waals surface area contributed by atoms with E-state index < -0.39 is 10.0 Å². The summed E-state index contributed by atoms with van der Waals surface area (Å²) >= 11 is 5.82. The summed E-state index contributed by atoms with van der Waals surface area (Å²) in [5, 5.41) is 9.49. The van der Waals surface area contributed by atoms with E-state index in [2.05, 4.69) is 0 Å². The normalized spacial score (nSPS) is 12.4. The summed E-state index contributed by atoms with van der Waals surface area (Å²) in [7, 11) is -3.60. The number of sulfonamides is 1. The fraction of sp³-hybridized carbons (Fsp3) is 0.500. The Bertz CT molecular complexity index is 514. The van der Waals surface area contributed by atoms with E-state index in [9.17, 15) is 8.42 Å². The van der Waals surface area contributed by atoms with Gasteiger partial charge in [-0.1, -0.05) is 11.6 Å². The van der Waals surface area contributed by atoms with Gasteiger partial charge in [-0.3, -0.25) is 0 Å². The monoisotopic (exact) mass is 291 g/mol. The highest BCUT2D eigenvalue weighted by Crippen LogP contribution is 2.24. The van der Waals surface area contributed by atoms with Crippen LogP contribution in [0.2, 0.25) is 5.02 Å². The smallest absolute Gasteiger partial charge is 0.243 e. The quantitative estimate of drug-likeness (QED) is 0.903. The number of benzene rings is 1. The van der Waals surface area contributed by atoms with Crippen molar-refractivity contribution in [2.45, 2.75) is 31.7 Å². The number of hydrogen-bond donors (Lipinski definition) is 1. The number of nitrogens with zero attached hydrogens (tertiary/aromatic N) is 1. The number of aliphatic hydroxyl groups excluding tert-OH is 1. The lowest BCUT2D eigenvalue weighted by Gasteiger charge is -2.25. The highest BCUT2D eigenvalue weighted by molar-refractivity contribution is 7.89. The van der Waals surface area contributed by atoms with E-state index in [1.54, 1.807) is 32.9 Å². The van der Waals surface area contributed by atoms with Crippen LogP contribution >= 0.6 is 11.6 Å². The van der Waals surface area contributed by atoms with Crippen molar-refractivity contribution in [2.75, 3.05) is 13.2 Å². The van der Waals surface area contributed by atoms with Gasteiger partial charge in [0.05, 0.1) is 11.5 Å². The number of aryl methyl sites for hydroxylation is 1. The van der Waals surface area contributed by atoms with E-state index in [0.717, 1.165) is 0 Å². The van der Waals surface area contributed by atoms with Gasteiger partial charge in [-0.15, -0.1) is 0 Å². The van der Waals surface area contributed by atoms with Gasteiger partial charge in [-0.2, -0.15) is 4.31 Å². The average molecular weight is 292 g/mol. The Hall–Kier alpha value is -0.620. The maximum Gasteiger partial charge on any atom is 0.243 e. The molecule has 0 radical (unpaired) electrons. The van der Waals surface area contributed by atoms with E-state index in [0.29, 0.717) is 10.6 Å². The molecule has 0 saturated heterocycles. The molecule has 0 saturated carbocycles. The number of aliphatic hydroxyl groups is 1. The van der Waals surface area contributed by atoms with Gasteiger partial charge in [0, 0.05) is 17.6 Å². The molecule has 0 amide bonds. The molecule has 102 valence electrons. The largest absolute Gasteiger partial charge is 0.395 e. The van der Waals surface area contributed by atoms with Crippen molar-refractivity contribution in [1.29, 1.82) is 0 Å². The summed E-state index contributed by atoms with van der Waals surface area (Å²) < 4.78 is 26.2. The molecule has 0 aromatic heterocycles. The van der Waals surface area contributed by atoms with Gasteiger partial charge in [0.25, 0.3) is 0 Å². The number of halogens is 1. The highest BCUT2D eigenvalue weighted by Gasteiger charge is 2.27. The van der Waals surface area contributed by atoms with Gasteiger partial charge < -0.3 is 5.11 Å². The first-order chi connectivity index (χ1) is 8.30. The van der Waals surface area contributed by atoms with E-state index in [4.69, 9.17) is 16.7 Å². The lowest BCUT2D eigenvalue weighted by atomic mass is 10.2. The third-order valence-electron chi connectivity index (χ3n) is 2.62. The minimum absolute atomic E-state index is 0.0854. The molecule has 4 nitrogen and oxygen atoms in total. The van der Waals surface area contributed by atoms with Crippen molar-refractivity contribution in [3.8, 4) is 0 Å². The molecule has 0 spiro atoms. The van der Waals surface area contributed by atoms with E-state index in [-0.39, 0.29) is 24.1 Å². The molecule has 0 aliphatic rings. The molecular formula is C12H18ClNO3S. The molecule has 1 aromatic carbocycles. The molecule has 6 heteroatoms. The van der Waals surface area contributed by atoms with Crippen LogP contribution in [0.1, 0.15) is 19.4 Å². The van der Waals surface area contributed by atoms with Crippen LogP contribution in [0.4, 0.5) is 0 Å². The van der Waals surface area contributed by atoms with Crippen LogP contribution in [0.25, 0.3) is 0 Å². The maximum atomic E-state index is 12.5. The minimum atomic E-state index is -3.60. The summed E-state index contributed by atoms with van der Waals surface area (Å²) in [6.07, 6.45) is 0. The Morgan fingerprint density at radius 3 is 2.44 bits per heavy atom. The van der Waals surface area contributed by atoms with Crippen molar-refractivity contribution in [1.82, 2.24) is 4.31 Å². The SMILES string of the molecule is Cc1cc(Cl)ccc1S(=O)(=O)N(CCO)C(C)C. The van der Waals surface area contributed by atoms with Gasteiger partial charge >= 0.3 is 0 Å². The Labute approximate surface area is 113 Å². The average Bonchev–Trinajstić information content (AvgIpc) is 2.24. The van der Waals surface area contributed by atoms with Gasteiger partial charge in [-0.05, 0) is 44.5 Å². The molecule has 1 N–H and O–H groups in total. The summed E-state index contributed by atoms with van der Waals surface area (Å²) in [6, 6.07) is 4.46. The Kier molecular flexibility index (Phi) is 5.16. The molecule has 0 atom stereocenters. The summed E-state index contributed by atoms with van der Waals surface area (Å²) in [5.74, 6) is 0. The first kappa shape index (κ1) is 15.4. The van der Waals surface area contributed by atoms with Gasteiger partial charge in [0.15, 0.2) is 0 Å². The predicted molar refractivity (Wildman–Crippen MR) is 72.3 cm³/mol. The second kappa shape index (κ2) is 6.02. The molecule has 0 heterocycles. The molecule has 0 aliphatic heterocycles. The number of rotatable bonds is 5. The first-order valence-corrected chi connectivity index (χ1v) is 7.51. The minimum Gasteiger partial charge on any atom is -0.395 e. The van der Waals surface area contributed by atoms with Gasteiger partial charge in [-0.25, -0.2) is 8.42 Å². The molecule has 0 unspecified atom stereocenters. The predicted octanol–water partition coefficient (Wildman–Crippen LogP) is 2.04. The molecule has 0 aliphatic carbocycles. The topological polar surface area (TPSA) is 57.6 Å². The van der Waals surface area contributed by atoms with Crippen LogP contribution < -0.4 is 0 Å². The summed E-state index contributed by atoms with van der Waals surface area (Å²) in [6.45, 7) is 5.14. The second-order valence-electron chi connectivity index (χ2n) is 4.34. The fourth-order valence-corrected chi connectivity index (χ4v) is 3.85. The van der Waals surface area contributed by atoms with Gasteiger partial charge in [0.2, 0.25) is 10.0 Å². The molecule has 18 heavy (non-hydrogen) atoms. The lowest BCUT2D eigenvalue weighted by Crippen LogP contribution is -2.39. The van der Waals surface area contributed by atoms with Crippen molar-refractivity contribution >= 4 is 21.6 Å². The Morgan fingerprint density at radius 1 is 1.39 bits per heavy atom. The van der Waals surface area contributed by atoms with Crippen molar-refractivity contribution in [3.05, 3.63) is 28.8 Å². The van der Waals surface area contributed by atoms with Crippen molar-refractivity contribution in [3.63, 3.8) is 0 Å². The van der Waals surface area contributed by atoms with E-state index in [1.807, 2.05) is 0 Å². The molecule has 0 fully saturated rings. The standard InChI is InChI=1S/C12H18ClNO3S/c1-9(2)14(6-7-15)18(16,17)12-5-4-11(13)8-10(12)3/h4-5,8-9,15H,6-7H2,1-3H3. The van der Waals surface area contributed by atoms with Crippen LogP contribution in [0.3, 0.4) is 0 Å². The van der Waals surface area contributed by atoms with Crippen molar-refractivity contribution in [2.24, 2.45) is 0 Å². The maximum absolute atomic E-state index is 12.5. The van der Waals surface area contributed by atoms with Crippen LogP contribution in [-0.2, 0) is 10.0 Å². The van der Waals surface area contributed by atoms with E-state index >= 15 is 0 Å². The Morgan fingerprint density at radius 2 is 2.00 bits per heavy atom. The summed E-state index contributed by atoms with van der Waals surface area (Å²) in [5.41, 5.74) is 0.603. The van der Waals surface area contributed by atoms with Crippen LogP contribution in [0, 0.1) is 6.92 Å².